The fourth-order valence-corrected chi connectivity index (χ4v) is 5.44. The first-order chi connectivity index (χ1) is 13.1. The molecule has 1 aliphatic carbocycles. The summed E-state index contributed by atoms with van der Waals surface area (Å²) < 4.78 is 0. The molecule has 3 rings (SSSR count). The van der Waals surface area contributed by atoms with Crippen molar-refractivity contribution in [1.82, 2.24) is 20.4 Å². The van der Waals surface area contributed by atoms with Gasteiger partial charge >= 0.3 is 0 Å². The molecule has 3 fully saturated rings. The molecule has 1 saturated carbocycles. The second kappa shape index (κ2) is 10.1. The second-order valence-corrected chi connectivity index (χ2v) is 9.28. The van der Waals surface area contributed by atoms with Crippen molar-refractivity contribution >= 4 is 5.96 Å². The molecule has 2 saturated heterocycles. The van der Waals surface area contributed by atoms with Crippen molar-refractivity contribution in [2.45, 2.75) is 82.7 Å². The van der Waals surface area contributed by atoms with Gasteiger partial charge in [0.25, 0.3) is 0 Å². The number of hydrogen-bond donors (Lipinski definition) is 2. The van der Waals surface area contributed by atoms with Gasteiger partial charge < -0.3 is 15.5 Å². The van der Waals surface area contributed by atoms with E-state index < -0.39 is 0 Å². The van der Waals surface area contributed by atoms with Gasteiger partial charge in [0.1, 0.15) is 0 Å². The number of nitrogens with one attached hydrogen (secondary N) is 2. The summed E-state index contributed by atoms with van der Waals surface area (Å²) in [5, 5.41) is 7.50. The molecule has 2 atom stereocenters. The Bertz CT molecular complexity index is 463. The van der Waals surface area contributed by atoms with Crippen LogP contribution in [0.25, 0.3) is 0 Å². The van der Waals surface area contributed by atoms with Crippen LogP contribution in [0.3, 0.4) is 0 Å². The van der Waals surface area contributed by atoms with Gasteiger partial charge in [-0.05, 0) is 77.7 Å². The Morgan fingerprint density at radius 3 is 2.44 bits per heavy atom. The zero-order valence-electron chi connectivity index (χ0n) is 18.1. The van der Waals surface area contributed by atoms with Crippen molar-refractivity contribution in [2.24, 2.45) is 10.9 Å². The molecule has 2 heterocycles. The van der Waals surface area contributed by atoms with E-state index in [0.717, 1.165) is 18.4 Å². The first kappa shape index (κ1) is 20.9. The zero-order valence-corrected chi connectivity index (χ0v) is 18.1. The minimum absolute atomic E-state index is 0.309. The lowest BCUT2D eigenvalue weighted by molar-refractivity contribution is 0.0172. The van der Waals surface area contributed by atoms with Gasteiger partial charge in [0.05, 0.1) is 0 Å². The van der Waals surface area contributed by atoms with Crippen molar-refractivity contribution < 1.29 is 0 Å². The van der Waals surface area contributed by atoms with Crippen LogP contribution in [0.4, 0.5) is 0 Å². The molecule has 5 nitrogen and oxygen atoms in total. The molecule has 156 valence electrons. The summed E-state index contributed by atoms with van der Waals surface area (Å²) in [6, 6.07) is 0.596. The lowest BCUT2D eigenvalue weighted by Gasteiger charge is -2.50. The van der Waals surface area contributed by atoms with E-state index in [2.05, 4.69) is 39.4 Å². The minimum atomic E-state index is 0.309. The molecule has 0 amide bonds. The smallest absolute Gasteiger partial charge is 0.191 e. The van der Waals surface area contributed by atoms with Gasteiger partial charge in [0, 0.05) is 25.2 Å². The van der Waals surface area contributed by atoms with Crippen molar-refractivity contribution in [3.05, 3.63) is 0 Å². The van der Waals surface area contributed by atoms with Gasteiger partial charge in [-0.15, -0.1) is 0 Å². The van der Waals surface area contributed by atoms with Crippen molar-refractivity contribution in [2.75, 3.05) is 46.8 Å². The number of nitrogens with zero attached hydrogens (tertiary/aromatic N) is 3. The fraction of sp³-hybridized carbons (Fsp3) is 0.955. The van der Waals surface area contributed by atoms with Crippen LogP contribution in [0, 0.1) is 5.92 Å². The minimum Gasteiger partial charge on any atom is -0.355 e. The molecule has 2 aliphatic heterocycles. The van der Waals surface area contributed by atoms with E-state index in [1.165, 1.54) is 90.4 Å². The summed E-state index contributed by atoms with van der Waals surface area (Å²) in [4.78, 5) is 9.87. The summed E-state index contributed by atoms with van der Waals surface area (Å²) in [7, 11) is 4.19. The highest BCUT2D eigenvalue weighted by Crippen LogP contribution is 2.31. The Labute approximate surface area is 167 Å². The number of hydrogen-bond acceptors (Lipinski definition) is 3. The molecule has 0 radical (unpaired) electrons. The number of guanidine groups is 1. The number of aliphatic imine (C=N–C) groups is 1. The SMILES string of the molecule is CCC1CCCC(NC(=NC)NCC2(N3CCCCC3)CCN(C)CC2)C1. The van der Waals surface area contributed by atoms with Crippen LogP contribution in [0.15, 0.2) is 4.99 Å². The third kappa shape index (κ3) is 5.60. The van der Waals surface area contributed by atoms with Crippen LogP contribution in [-0.2, 0) is 0 Å². The van der Waals surface area contributed by atoms with Gasteiger partial charge in [-0.3, -0.25) is 9.89 Å². The average molecular weight is 378 g/mol. The number of piperidine rings is 2. The standard InChI is InChI=1S/C22H43N5/c1-4-19-9-8-10-20(17-19)25-21(23-2)24-18-22(11-15-26(3)16-12-22)27-13-6-5-7-14-27/h19-20H,4-18H2,1-3H3,(H2,23,24,25). The lowest BCUT2D eigenvalue weighted by atomic mass is 9.83. The first-order valence-corrected chi connectivity index (χ1v) is 11.6. The molecule has 5 heteroatoms. The average Bonchev–Trinajstić information content (AvgIpc) is 2.73. The maximum Gasteiger partial charge on any atom is 0.191 e. The van der Waals surface area contributed by atoms with Crippen molar-refractivity contribution in [3.63, 3.8) is 0 Å². The largest absolute Gasteiger partial charge is 0.355 e. The molecule has 0 bridgehead atoms. The highest BCUT2D eigenvalue weighted by molar-refractivity contribution is 5.80. The Hall–Kier alpha value is -0.810. The summed E-state index contributed by atoms with van der Waals surface area (Å²) in [6.07, 6.45) is 13.4. The molecule has 0 aromatic rings. The van der Waals surface area contributed by atoms with E-state index >= 15 is 0 Å². The summed E-state index contributed by atoms with van der Waals surface area (Å²) in [5.41, 5.74) is 0.309. The maximum absolute atomic E-state index is 4.57. The molecule has 0 aromatic carbocycles. The van der Waals surface area contributed by atoms with E-state index in [1.807, 2.05) is 7.05 Å². The summed E-state index contributed by atoms with van der Waals surface area (Å²) >= 11 is 0. The Morgan fingerprint density at radius 2 is 1.78 bits per heavy atom. The van der Waals surface area contributed by atoms with Crippen LogP contribution in [0.1, 0.15) is 71.1 Å². The monoisotopic (exact) mass is 377 g/mol. The van der Waals surface area contributed by atoms with Gasteiger partial charge in [-0.25, -0.2) is 0 Å². The van der Waals surface area contributed by atoms with Crippen molar-refractivity contribution in [3.8, 4) is 0 Å². The Kier molecular flexibility index (Phi) is 7.83. The zero-order chi connectivity index (χ0) is 19.1. The molecule has 3 aliphatic rings. The van der Waals surface area contributed by atoms with Gasteiger partial charge in [-0.2, -0.15) is 0 Å². The van der Waals surface area contributed by atoms with Crippen LogP contribution in [0.5, 0.6) is 0 Å². The van der Waals surface area contributed by atoms with E-state index in [0.29, 0.717) is 11.6 Å². The van der Waals surface area contributed by atoms with Crippen molar-refractivity contribution in [1.29, 1.82) is 0 Å². The number of likely N-dealkylation sites (tertiary alicyclic amines) is 2. The highest BCUT2D eigenvalue weighted by atomic mass is 15.3. The molecule has 0 aromatic heterocycles. The van der Waals surface area contributed by atoms with Gasteiger partial charge in [0.15, 0.2) is 5.96 Å². The summed E-state index contributed by atoms with van der Waals surface area (Å²) in [5.74, 6) is 1.91. The van der Waals surface area contributed by atoms with E-state index in [4.69, 9.17) is 0 Å². The molecular weight excluding hydrogens is 334 g/mol. The topological polar surface area (TPSA) is 42.9 Å². The predicted molar refractivity (Wildman–Crippen MR) is 115 cm³/mol. The first-order valence-electron chi connectivity index (χ1n) is 11.6. The lowest BCUT2D eigenvalue weighted by Crippen LogP contribution is -2.62. The van der Waals surface area contributed by atoms with E-state index in [-0.39, 0.29) is 0 Å². The number of rotatable bonds is 5. The normalized spacial score (nSPS) is 30.9. The van der Waals surface area contributed by atoms with Gasteiger partial charge in [-0.1, -0.05) is 32.6 Å². The van der Waals surface area contributed by atoms with E-state index in [1.54, 1.807) is 0 Å². The van der Waals surface area contributed by atoms with Crippen LogP contribution < -0.4 is 10.6 Å². The van der Waals surface area contributed by atoms with Crippen LogP contribution >= 0.6 is 0 Å². The van der Waals surface area contributed by atoms with Gasteiger partial charge in [0.2, 0.25) is 0 Å². The quantitative estimate of drug-likeness (QED) is 0.571. The molecule has 0 spiro atoms. The predicted octanol–water partition coefficient (Wildman–Crippen LogP) is 3.07. The van der Waals surface area contributed by atoms with E-state index in [9.17, 15) is 0 Å². The highest BCUT2D eigenvalue weighted by Gasteiger charge is 2.39. The molecule has 2 N–H and O–H groups in total. The Morgan fingerprint density at radius 1 is 1.04 bits per heavy atom. The molecular formula is C22H43N5. The third-order valence-electron chi connectivity index (χ3n) is 7.45. The molecule has 2 unspecified atom stereocenters. The third-order valence-corrected chi connectivity index (χ3v) is 7.45. The van der Waals surface area contributed by atoms with Crippen LogP contribution in [-0.4, -0.2) is 74.2 Å². The molecule has 27 heavy (non-hydrogen) atoms. The fourth-order valence-electron chi connectivity index (χ4n) is 5.44. The second-order valence-electron chi connectivity index (χ2n) is 9.28. The Balaban J connectivity index is 1.58. The van der Waals surface area contributed by atoms with Crippen LogP contribution in [0.2, 0.25) is 0 Å². The maximum atomic E-state index is 4.57. The summed E-state index contributed by atoms with van der Waals surface area (Å²) in [6.45, 7) is 8.35.